The number of amides is 2. The number of carbonyl (C=O) groups is 2. The fourth-order valence-corrected chi connectivity index (χ4v) is 3.95. The maximum atomic E-state index is 12.9. The van der Waals surface area contributed by atoms with E-state index in [4.69, 9.17) is 0 Å². The molecule has 1 aliphatic heterocycles. The molecule has 140 valence electrons. The zero-order valence-corrected chi connectivity index (χ0v) is 16.6. The van der Waals surface area contributed by atoms with Gasteiger partial charge in [-0.25, -0.2) is 4.98 Å². The molecule has 2 amide bonds. The monoisotopic (exact) mass is 367 g/mol. The molecule has 1 aromatic rings. The van der Waals surface area contributed by atoms with Crippen LogP contribution in [0.15, 0.2) is 5.38 Å². The first-order valence-corrected chi connectivity index (χ1v) is 9.78. The molecule has 1 aromatic heterocycles. The number of aliphatic hydroxyl groups is 1. The zero-order chi connectivity index (χ0) is 18.8. The summed E-state index contributed by atoms with van der Waals surface area (Å²) in [5.74, 6) is -0.356. The van der Waals surface area contributed by atoms with Gasteiger partial charge in [0.1, 0.15) is 5.69 Å². The average Bonchev–Trinajstić information content (AvgIpc) is 3.21. The molecule has 6 nitrogen and oxygen atoms in total. The van der Waals surface area contributed by atoms with E-state index in [0.717, 1.165) is 25.7 Å². The molecule has 0 bridgehead atoms. The van der Waals surface area contributed by atoms with E-state index in [2.05, 4.69) is 18.8 Å². The molecule has 1 aliphatic rings. The highest BCUT2D eigenvalue weighted by Gasteiger charge is 2.36. The molecule has 1 N–H and O–H groups in total. The van der Waals surface area contributed by atoms with Crippen molar-refractivity contribution in [3.63, 3.8) is 0 Å². The van der Waals surface area contributed by atoms with E-state index in [9.17, 15) is 14.7 Å². The summed E-state index contributed by atoms with van der Waals surface area (Å²) in [4.78, 5) is 33.2. The molecule has 0 aromatic carbocycles. The second kappa shape index (κ2) is 7.83. The molecule has 2 unspecified atom stereocenters. The molecule has 0 spiro atoms. The summed E-state index contributed by atoms with van der Waals surface area (Å²) in [5.41, 5.74) is -0.332. The first-order valence-electron chi connectivity index (χ1n) is 8.90. The van der Waals surface area contributed by atoms with E-state index in [1.807, 2.05) is 4.90 Å². The van der Waals surface area contributed by atoms with Crippen LogP contribution in [0, 0.1) is 0 Å². The van der Waals surface area contributed by atoms with Crippen LogP contribution in [0.2, 0.25) is 0 Å². The molecule has 2 rings (SSSR count). The quantitative estimate of drug-likeness (QED) is 0.839. The van der Waals surface area contributed by atoms with Crippen molar-refractivity contribution in [1.29, 1.82) is 0 Å². The lowest BCUT2D eigenvalue weighted by atomic mass is 10.1. The van der Waals surface area contributed by atoms with Crippen molar-refractivity contribution in [2.24, 2.45) is 0 Å². The molecular weight excluding hydrogens is 338 g/mol. The number of aliphatic hydroxyl groups excluding tert-OH is 1. The van der Waals surface area contributed by atoms with E-state index in [-0.39, 0.29) is 35.5 Å². The predicted molar refractivity (Wildman–Crippen MR) is 98.9 cm³/mol. The molecule has 0 aliphatic carbocycles. The van der Waals surface area contributed by atoms with Crippen molar-refractivity contribution >= 4 is 23.2 Å². The molecule has 2 heterocycles. The fourth-order valence-electron chi connectivity index (χ4n) is 3.18. The zero-order valence-electron chi connectivity index (χ0n) is 15.8. The Labute approximate surface area is 153 Å². The molecule has 2 atom stereocenters. The summed E-state index contributed by atoms with van der Waals surface area (Å²) in [6.07, 6.45) is 4.09. The number of aromatic nitrogens is 1. The largest absolute Gasteiger partial charge is 0.394 e. The van der Waals surface area contributed by atoms with Crippen molar-refractivity contribution in [2.45, 2.75) is 71.0 Å². The van der Waals surface area contributed by atoms with Crippen molar-refractivity contribution < 1.29 is 14.7 Å². The Morgan fingerprint density at radius 3 is 2.72 bits per heavy atom. The first kappa shape index (κ1) is 19.8. The summed E-state index contributed by atoms with van der Waals surface area (Å²) < 4.78 is 0. The van der Waals surface area contributed by atoms with E-state index < -0.39 is 5.54 Å². The van der Waals surface area contributed by atoms with Crippen LogP contribution in [0.5, 0.6) is 0 Å². The standard InChI is InChI=1S/C18H29N3O3S/c1-6-7-13-9-8-12(2)21(13)16(23)14-10-25-15(19-14)17(24)20(5)18(3,4)11-22/h10,12-13,22H,6-9,11H2,1-5H3. The van der Waals surface area contributed by atoms with Gasteiger partial charge in [0.15, 0.2) is 5.01 Å². The summed E-state index contributed by atoms with van der Waals surface area (Å²) in [7, 11) is 1.64. The van der Waals surface area contributed by atoms with Crippen LogP contribution < -0.4 is 0 Å². The van der Waals surface area contributed by atoms with Gasteiger partial charge in [-0.2, -0.15) is 0 Å². The third kappa shape index (κ3) is 4.03. The molecule has 0 saturated carbocycles. The highest BCUT2D eigenvalue weighted by Crippen LogP contribution is 2.29. The van der Waals surface area contributed by atoms with E-state index in [1.54, 1.807) is 26.3 Å². The molecular formula is C18H29N3O3S. The lowest BCUT2D eigenvalue weighted by molar-refractivity contribution is 0.0472. The van der Waals surface area contributed by atoms with Gasteiger partial charge in [-0.3, -0.25) is 9.59 Å². The van der Waals surface area contributed by atoms with Crippen molar-refractivity contribution in [3.05, 3.63) is 16.1 Å². The van der Waals surface area contributed by atoms with Gasteiger partial charge in [0, 0.05) is 24.5 Å². The number of nitrogens with zero attached hydrogens (tertiary/aromatic N) is 3. The highest BCUT2D eigenvalue weighted by atomic mass is 32.1. The Morgan fingerprint density at radius 1 is 1.44 bits per heavy atom. The van der Waals surface area contributed by atoms with E-state index in [0.29, 0.717) is 5.69 Å². The first-order chi connectivity index (χ1) is 11.7. The third-order valence-electron chi connectivity index (χ3n) is 5.15. The van der Waals surface area contributed by atoms with E-state index >= 15 is 0 Å². The highest BCUT2D eigenvalue weighted by molar-refractivity contribution is 7.11. The smallest absolute Gasteiger partial charge is 0.283 e. The predicted octanol–water partition coefficient (Wildman–Crippen LogP) is 2.78. The van der Waals surface area contributed by atoms with Crippen molar-refractivity contribution in [2.75, 3.05) is 13.7 Å². The molecule has 0 radical (unpaired) electrons. The van der Waals surface area contributed by atoms with Crippen LogP contribution in [-0.4, -0.2) is 63.0 Å². The molecule has 1 saturated heterocycles. The van der Waals surface area contributed by atoms with Crippen LogP contribution >= 0.6 is 11.3 Å². The Hall–Kier alpha value is -1.47. The van der Waals surface area contributed by atoms with Gasteiger partial charge in [0.25, 0.3) is 11.8 Å². The Kier molecular flexibility index (Phi) is 6.21. The van der Waals surface area contributed by atoms with Gasteiger partial charge >= 0.3 is 0 Å². The SMILES string of the molecule is CCCC1CCC(C)N1C(=O)c1csc(C(=O)N(C)C(C)(C)CO)n1. The average molecular weight is 368 g/mol. The van der Waals surface area contributed by atoms with Crippen LogP contribution in [0.1, 0.15) is 73.7 Å². The molecule has 7 heteroatoms. The summed E-state index contributed by atoms with van der Waals surface area (Å²) >= 11 is 1.18. The number of likely N-dealkylation sites (N-methyl/N-ethyl adjacent to an activating group) is 1. The Balaban J connectivity index is 2.17. The van der Waals surface area contributed by atoms with Crippen LogP contribution in [0.3, 0.4) is 0 Å². The van der Waals surface area contributed by atoms with Crippen LogP contribution in [0.25, 0.3) is 0 Å². The second-order valence-electron chi connectivity index (χ2n) is 7.45. The number of thiazole rings is 1. The van der Waals surface area contributed by atoms with Gasteiger partial charge in [-0.1, -0.05) is 13.3 Å². The van der Waals surface area contributed by atoms with Gasteiger partial charge in [-0.15, -0.1) is 11.3 Å². The second-order valence-corrected chi connectivity index (χ2v) is 8.31. The molecule has 25 heavy (non-hydrogen) atoms. The van der Waals surface area contributed by atoms with E-state index in [1.165, 1.54) is 16.2 Å². The van der Waals surface area contributed by atoms with Gasteiger partial charge < -0.3 is 14.9 Å². The van der Waals surface area contributed by atoms with Crippen molar-refractivity contribution in [1.82, 2.24) is 14.8 Å². The fraction of sp³-hybridized carbons (Fsp3) is 0.722. The lowest BCUT2D eigenvalue weighted by Crippen LogP contribution is -2.47. The maximum absolute atomic E-state index is 12.9. The minimum absolute atomic E-state index is 0.0807. The number of hydrogen-bond acceptors (Lipinski definition) is 5. The topological polar surface area (TPSA) is 73.7 Å². The van der Waals surface area contributed by atoms with Gasteiger partial charge in [0.2, 0.25) is 0 Å². The lowest BCUT2D eigenvalue weighted by Gasteiger charge is -2.33. The van der Waals surface area contributed by atoms with Gasteiger partial charge in [-0.05, 0) is 40.0 Å². The molecule has 1 fully saturated rings. The summed E-state index contributed by atoms with van der Waals surface area (Å²) in [6, 6.07) is 0.477. The maximum Gasteiger partial charge on any atom is 0.283 e. The minimum Gasteiger partial charge on any atom is -0.394 e. The Morgan fingerprint density at radius 2 is 2.12 bits per heavy atom. The third-order valence-corrected chi connectivity index (χ3v) is 5.98. The minimum atomic E-state index is -0.678. The number of rotatable bonds is 6. The normalized spacial score (nSPS) is 20.8. The van der Waals surface area contributed by atoms with Gasteiger partial charge in [0.05, 0.1) is 12.1 Å². The van der Waals surface area contributed by atoms with Crippen LogP contribution in [0.4, 0.5) is 0 Å². The number of carbonyl (C=O) groups excluding carboxylic acids is 2. The number of hydrogen-bond donors (Lipinski definition) is 1. The summed E-state index contributed by atoms with van der Waals surface area (Å²) in [5, 5.41) is 11.4. The summed E-state index contributed by atoms with van der Waals surface area (Å²) in [6.45, 7) is 7.63. The van der Waals surface area contributed by atoms with Crippen LogP contribution in [-0.2, 0) is 0 Å². The van der Waals surface area contributed by atoms with Crippen molar-refractivity contribution in [3.8, 4) is 0 Å². The number of likely N-dealkylation sites (tertiary alicyclic amines) is 1. The Bertz CT molecular complexity index is 627.